The normalized spacial score (nSPS) is 27.8. The molecule has 3 atom stereocenters. The van der Waals surface area contributed by atoms with E-state index >= 15 is 0 Å². The Hall–Kier alpha value is -2.13. The van der Waals surface area contributed by atoms with Crippen LogP contribution in [0.15, 0.2) is 60.7 Å². The van der Waals surface area contributed by atoms with Gasteiger partial charge >= 0.3 is 5.97 Å². The smallest absolute Gasteiger partial charge is 0.316 e. The highest BCUT2D eigenvalue weighted by atomic mass is 16.5. The van der Waals surface area contributed by atoms with Gasteiger partial charge < -0.3 is 4.74 Å². The molecule has 0 N–H and O–H groups in total. The summed E-state index contributed by atoms with van der Waals surface area (Å²) in [5.41, 5.74) is 2.04. The summed E-state index contributed by atoms with van der Waals surface area (Å²) < 4.78 is 5.59. The molecule has 0 aromatic heterocycles. The zero-order valence-electron chi connectivity index (χ0n) is 16.8. The second kappa shape index (κ2) is 8.48. The maximum Gasteiger partial charge on any atom is 0.316 e. The Morgan fingerprint density at radius 1 is 1.07 bits per heavy atom. The Morgan fingerprint density at radius 2 is 1.79 bits per heavy atom. The molecule has 1 saturated carbocycles. The van der Waals surface area contributed by atoms with Gasteiger partial charge in [0.1, 0.15) is 0 Å². The summed E-state index contributed by atoms with van der Waals surface area (Å²) in [5, 5.41) is 0. The van der Waals surface area contributed by atoms with Gasteiger partial charge in [0.05, 0.1) is 12.0 Å². The van der Waals surface area contributed by atoms with Crippen molar-refractivity contribution >= 4 is 5.97 Å². The van der Waals surface area contributed by atoms with Crippen LogP contribution in [0.1, 0.15) is 50.2 Å². The van der Waals surface area contributed by atoms with E-state index in [9.17, 15) is 4.79 Å². The Labute approximate surface area is 168 Å². The number of hydrogen-bond donors (Lipinski definition) is 0. The second-order valence-electron chi connectivity index (χ2n) is 8.34. The molecule has 28 heavy (non-hydrogen) atoms. The highest BCUT2D eigenvalue weighted by Gasteiger charge is 2.50. The van der Waals surface area contributed by atoms with Crippen LogP contribution in [0.4, 0.5) is 0 Å². The van der Waals surface area contributed by atoms with Crippen LogP contribution in [-0.4, -0.2) is 30.1 Å². The molecule has 3 nitrogen and oxygen atoms in total. The molecule has 1 aliphatic heterocycles. The van der Waals surface area contributed by atoms with Crippen LogP contribution in [0, 0.1) is 5.92 Å². The summed E-state index contributed by atoms with van der Waals surface area (Å²) in [6, 6.07) is 21.7. The van der Waals surface area contributed by atoms with E-state index in [4.69, 9.17) is 4.74 Å². The van der Waals surface area contributed by atoms with Crippen LogP contribution in [-0.2, 0) is 21.5 Å². The summed E-state index contributed by atoms with van der Waals surface area (Å²) in [6.45, 7) is 4.53. The SMILES string of the molecule is CCOC(=O)C1(c2ccccc2)CC[C@@H]2[C@H](CCCN2Cc2ccccc2)C1. The number of benzene rings is 2. The molecule has 3 heteroatoms. The highest BCUT2D eigenvalue weighted by Crippen LogP contribution is 2.47. The van der Waals surface area contributed by atoms with E-state index in [2.05, 4.69) is 47.4 Å². The molecule has 0 spiro atoms. The van der Waals surface area contributed by atoms with Crippen LogP contribution >= 0.6 is 0 Å². The number of carbonyl (C=O) groups excluding carboxylic acids is 1. The quantitative estimate of drug-likeness (QED) is 0.690. The molecular weight excluding hydrogens is 346 g/mol. The number of esters is 1. The summed E-state index contributed by atoms with van der Waals surface area (Å²) in [5.74, 6) is 0.524. The first-order valence-electron chi connectivity index (χ1n) is 10.7. The van der Waals surface area contributed by atoms with Crippen molar-refractivity contribution < 1.29 is 9.53 Å². The minimum atomic E-state index is -0.478. The first-order valence-corrected chi connectivity index (χ1v) is 10.7. The third-order valence-electron chi connectivity index (χ3n) is 6.73. The van der Waals surface area contributed by atoms with Crippen LogP contribution in [0.3, 0.4) is 0 Å². The van der Waals surface area contributed by atoms with Gasteiger partial charge in [0.15, 0.2) is 0 Å². The van der Waals surface area contributed by atoms with E-state index < -0.39 is 5.41 Å². The maximum atomic E-state index is 13.1. The average molecular weight is 378 g/mol. The maximum absolute atomic E-state index is 13.1. The fourth-order valence-corrected chi connectivity index (χ4v) is 5.42. The lowest BCUT2D eigenvalue weighted by molar-refractivity contribution is -0.154. The van der Waals surface area contributed by atoms with Gasteiger partial charge in [-0.05, 0) is 62.6 Å². The lowest BCUT2D eigenvalue weighted by atomic mass is 9.62. The third kappa shape index (κ3) is 3.73. The number of hydrogen-bond acceptors (Lipinski definition) is 3. The zero-order valence-corrected chi connectivity index (χ0v) is 16.8. The van der Waals surface area contributed by atoms with Gasteiger partial charge in [0, 0.05) is 12.6 Å². The minimum Gasteiger partial charge on any atom is -0.465 e. The first-order chi connectivity index (χ1) is 13.7. The van der Waals surface area contributed by atoms with Gasteiger partial charge in [0.25, 0.3) is 0 Å². The van der Waals surface area contributed by atoms with E-state index in [0.29, 0.717) is 18.6 Å². The molecule has 2 fully saturated rings. The molecule has 1 aliphatic carbocycles. The Morgan fingerprint density at radius 3 is 2.50 bits per heavy atom. The lowest BCUT2D eigenvalue weighted by Crippen LogP contribution is -2.53. The standard InChI is InChI=1S/C25H31NO2/c1-2-28-24(27)25(22-13-7-4-8-14-22)16-15-23-21(18-25)12-9-17-26(23)19-20-10-5-3-6-11-20/h3-8,10-11,13-14,21,23H,2,9,12,15-19H2,1H3/t21-,23-,25?/m1/s1. The molecule has 1 heterocycles. The molecule has 2 aliphatic rings. The molecule has 2 aromatic rings. The van der Waals surface area contributed by atoms with Crippen LogP contribution < -0.4 is 0 Å². The number of likely N-dealkylation sites (tertiary alicyclic amines) is 1. The molecule has 2 aromatic carbocycles. The van der Waals surface area contributed by atoms with E-state index in [1.165, 1.54) is 18.4 Å². The lowest BCUT2D eigenvalue weighted by Gasteiger charge is -2.50. The molecule has 0 bridgehead atoms. The first kappa shape index (κ1) is 19.2. The van der Waals surface area contributed by atoms with Crippen LogP contribution in [0.5, 0.6) is 0 Å². The fourth-order valence-electron chi connectivity index (χ4n) is 5.42. The van der Waals surface area contributed by atoms with Crippen LogP contribution in [0.25, 0.3) is 0 Å². The predicted molar refractivity (Wildman–Crippen MR) is 112 cm³/mol. The molecule has 148 valence electrons. The second-order valence-corrected chi connectivity index (χ2v) is 8.34. The van der Waals surface area contributed by atoms with Crippen molar-refractivity contribution in [1.82, 2.24) is 4.90 Å². The molecule has 0 amide bonds. The van der Waals surface area contributed by atoms with Gasteiger partial charge in [-0.25, -0.2) is 0 Å². The van der Waals surface area contributed by atoms with E-state index in [1.54, 1.807) is 0 Å². The molecule has 0 radical (unpaired) electrons. The van der Waals surface area contributed by atoms with Crippen molar-refractivity contribution in [2.24, 2.45) is 5.92 Å². The number of rotatable bonds is 5. The highest BCUT2D eigenvalue weighted by molar-refractivity contribution is 5.83. The third-order valence-corrected chi connectivity index (χ3v) is 6.73. The van der Waals surface area contributed by atoms with Gasteiger partial charge in [-0.3, -0.25) is 9.69 Å². The molecule has 4 rings (SSSR count). The van der Waals surface area contributed by atoms with E-state index in [1.807, 2.05) is 25.1 Å². The molecule has 1 unspecified atom stereocenters. The topological polar surface area (TPSA) is 29.5 Å². The Balaban J connectivity index is 1.57. The van der Waals surface area contributed by atoms with Crippen molar-refractivity contribution in [1.29, 1.82) is 0 Å². The monoisotopic (exact) mass is 377 g/mol. The van der Waals surface area contributed by atoms with Gasteiger partial charge in [-0.2, -0.15) is 0 Å². The number of nitrogens with zero attached hydrogens (tertiary/aromatic N) is 1. The molecule has 1 saturated heterocycles. The van der Waals surface area contributed by atoms with Gasteiger partial charge in [-0.1, -0.05) is 60.7 Å². The van der Waals surface area contributed by atoms with Crippen molar-refractivity contribution in [2.45, 2.75) is 57.0 Å². The summed E-state index contributed by atoms with van der Waals surface area (Å²) in [4.78, 5) is 15.8. The summed E-state index contributed by atoms with van der Waals surface area (Å²) >= 11 is 0. The number of piperidine rings is 1. The Bertz CT molecular complexity index is 776. The molecular formula is C25H31NO2. The average Bonchev–Trinajstić information content (AvgIpc) is 2.75. The van der Waals surface area contributed by atoms with Crippen LogP contribution in [0.2, 0.25) is 0 Å². The summed E-state index contributed by atoms with van der Waals surface area (Å²) in [7, 11) is 0. The van der Waals surface area contributed by atoms with E-state index in [0.717, 1.165) is 37.9 Å². The number of ether oxygens (including phenoxy) is 1. The van der Waals surface area contributed by atoms with Crippen molar-refractivity contribution in [3.8, 4) is 0 Å². The zero-order chi connectivity index (χ0) is 19.4. The van der Waals surface area contributed by atoms with Crippen molar-refractivity contribution in [3.63, 3.8) is 0 Å². The van der Waals surface area contributed by atoms with E-state index in [-0.39, 0.29) is 5.97 Å². The van der Waals surface area contributed by atoms with Gasteiger partial charge in [0.2, 0.25) is 0 Å². The number of fused-ring (bicyclic) bond motifs is 1. The predicted octanol–water partition coefficient (Wildman–Crippen LogP) is 4.95. The van der Waals surface area contributed by atoms with Crippen molar-refractivity contribution in [2.75, 3.05) is 13.2 Å². The van der Waals surface area contributed by atoms with Gasteiger partial charge in [-0.15, -0.1) is 0 Å². The largest absolute Gasteiger partial charge is 0.465 e. The summed E-state index contributed by atoms with van der Waals surface area (Å²) in [6.07, 6.45) is 5.27. The van der Waals surface area contributed by atoms with Crippen molar-refractivity contribution in [3.05, 3.63) is 71.8 Å². The minimum absolute atomic E-state index is 0.0279. The Kier molecular flexibility index (Phi) is 5.82. The fraction of sp³-hybridized carbons (Fsp3) is 0.480. The number of carbonyl (C=O) groups is 1.